The molecule has 0 atom stereocenters. The van der Waals surface area contributed by atoms with Gasteiger partial charge in [-0.3, -0.25) is 0 Å². The smallest absolute Gasteiger partial charge is 0.503 e. The Morgan fingerprint density at radius 3 is 1.29 bits per heavy atom. The molecule has 0 amide bonds. The maximum Gasteiger partial charge on any atom is 2.00 e. The normalized spacial score (nSPS) is 11.4. The van der Waals surface area contributed by atoms with Gasteiger partial charge in [-0.15, -0.1) is 58.7 Å². The minimum atomic E-state index is 0. The van der Waals surface area contributed by atoms with Crippen molar-refractivity contribution in [3.8, 4) is 51.5 Å². The number of pyridine rings is 2. The molecule has 0 radical (unpaired) electrons. The van der Waals surface area contributed by atoms with Crippen molar-refractivity contribution in [3.63, 3.8) is 0 Å². The van der Waals surface area contributed by atoms with E-state index in [9.17, 15) is 0 Å². The first-order valence-electron chi connectivity index (χ1n) is 19.5. The van der Waals surface area contributed by atoms with Crippen LogP contribution in [-0.4, -0.2) is 29.5 Å². The first-order valence-corrected chi connectivity index (χ1v) is 19.5. The molecule has 0 spiro atoms. The molecule has 0 bridgehead atoms. The van der Waals surface area contributed by atoms with E-state index in [1.54, 1.807) is 0 Å². The van der Waals surface area contributed by atoms with E-state index in [0.29, 0.717) is 40.8 Å². The number of hydrogen-bond acceptors (Lipinski definition) is 7. The van der Waals surface area contributed by atoms with Crippen molar-refractivity contribution < 1.29 is 51.6 Å². The Hall–Kier alpha value is -5.03. The fourth-order valence-electron chi connectivity index (χ4n) is 6.82. The molecular weight excluding hydrogens is 1090 g/mol. The van der Waals surface area contributed by atoms with E-state index in [1.807, 2.05) is 53.4 Å². The largest absolute Gasteiger partial charge is 2.00 e. The quantitative estimate of drug-likeness (QED) is 0.119. The summed E-state index contributed by atoms with van der Waals surface area (Å²) < 4.78 is 15.0. The molecule has 0 aliphatic heterocycles. The number of rotatable bonds is 11. The average Bonchev–Trinajstić information content (AvgIpc) is 3.53. The van der Waals surface area contributed by atoms with Crippen LogP contribution in [0.3, 0.4) is 0 Å². The molecular formula is C49H44N6O2Pt2. The van der Waals surface area contributed by atoms with Gasteiger partial charge in [0.25, 0.3) is 0 Å². The van der Waals surface area contributed by atoms with Crippen molar-refractivity contribution >= 4 is 21.8 Å². The summed E-state index contributed by atoms with van der Waals surface area (Å²) in [7, 11) is 0. The number of hydrogen-bond donors (Lipinski definition) is 0. The van der Waals surface area contributed by atoms with Crippen molar-refractivity contribution in [2.45, 2.75) is 79.1 Å². The molecule has 8 nitrogen and oxygen atoms in total. The van der Waals surface area contributed by atoms with E-state index in [0.717, 1.165) is 55.4 Å². The molecule has 8 rings (SSSR count). The van der Waals surface area contributed by atoms with Gasteiger partial charge in [0.2, 0.25) is 5.95 Å². The molecule has 0 fully saturated rings. The maximum atomic E-state index is 6.56. The van der Waals surface area contributed by atoms with Crippen LogP contribution in [0.5, 0.6) is 23.0 Å². The van der Waals surface area contributed by atoms with Gasteiger partial charge in [0.15, 0.2) is 0 Å². The summed E-state index contributed by atoms with van der Waals surface area (Å²) in [5.74, 6) is 3.92. The average molecular weight is 1140 g/mol. The van der Waals surface area contributed by atoms with Gasteiger partial charge in [-0.05, 0) is 47.2 Å². The standard InChI is InChI=1S/C49H44N6O2.2Pt/c1-29(2)33-13-15-51-45(23-33)37-17-35(31(5)6)19-41(21-37)56-39-9-11-43-44-12-10-40(26-48(44)55(47(43)25-39)49-53-27-50-28-54-49)57-42-20-36(32(7)8)18-38(22-42)46-24-34(30(3)4)14-16-52-46;;/h9-20,23-24,27-32H,1-8H3;;/q-4;2*+2. The second-order valence-corrected chi connectivity index (χ2v) is 15.6. The number of aromatic nitrogens is 6. The zero-order chi connectivity index (χ0) is 39.8. The predicted octanol–water partition coefficient (Wildman–Crippen LogP) is 12.4. The van der Waals surface area contributed by atoms with Crippen LogP contribution in [0, 0.1) is 24.3 Å². The zero-order valence-electron chi connectivity index (χ0n) is 34.2. The molecule has 0 saturated carbocycles. The summed E-state index contributed by atoms with van der Waals surface area (Å²) in [6.45, 7) is 17.4. The first-order chi connectivity index (χ1) is 27.5. The van der Waals surface area contributed by atoms with E-state index in [2.05, 4.69) is 141 Å². The van der Waals surface area contributed by atoms with Gasteiger partial charge in [0, 0.05) is 35.4 Å². The summed E-state index contributed by atoms with van der Waals surface area (Å²) in [5, 5.41) is 1.87. The molecule has 0 aliphatic rings. The van der Waals surface area contributed by atoms with E-state index in [4.69, 9.17) is 9.47 Å². The fourth-order valence-corrected chi connectivity index (χ4v) is 6.82. The Kier molecular flexibility index (Phi) is 13.6. The molecule has 4 aromatic heterocycles. The van der Waals surface area contributed by atoms with Gasteiger partial charge in [0.1, 0.15) is 12.7 Å². The molecule has 0 N–H and O–H groups in total. The molecule has 302 valence electrons. The Balaban J connectivity index is 0.00000293. The van der Waals surface area contributed by atoms with Crippen LogP contribution in [0.2, 0.25) is 0 Å². The third-order valence-electron chi connectivity index (χ3n) is 10.2. The van der Waals surface area contributed by atoms with Crippen LogP contribution in [0.25, 0.3) is 50.3 Å². The van der Waals surface area contributed by atoms with E-state index in [1.165, 1.54) is 23.8 Å². The minimum Gasteiger partial charge on any atom is -0.503 e. The molecule has 8 aromatic rings. The summed E-state index contributed by atoms with van der Waals surface area (Å²) in [6.07, 6.45) is 6.68. The molecule has 4 aromatic carbocycles. The second kappa shape index (κ2) is 18.5. The number of fused-ring (bicyclic) bond motifs is 3. The molecule has 0 unspecified atom stereocenters. The van der Waals surface area contributed by atoms with Gasteiger partial charge in [-0.25, -0.2) is 15.0 Å². The van der Waals surface area contributed by atoms with Gasteiger partial charge in [-0.1, -0.05) is 114 Å². The molecule has 0 aliphatic carbocycles. The zero-order valence-corrected chi connectivity index (χ0v) is 38.7. The van der Waals surface area contributed by atoms with Crippen molar-refractivity contribution in [2.75, 3.05) is 0 Å². The Morgan fingerprint density at radius 2 is 0.881 bits per heavy atom. The van der Waals surface area contributed by atoms with Crippen LogP contribution in [0.1, 0.15) is 101 Å². The molecule has 59 heavy (non-hydrogen) atoms. The molecule has 4 heterocycles. The van der Waals surface area contributed by atoms with Crippen molar-refractivity contribution in [1.82, 2.24) is 29.5 Å². The second-order valence-electron chi connectivity index (χ2n) is 15.6. The molecule has 10 heteroatoms. The van der Waals surface area contributed by atoms with Crippen LogP contribution in [0.15, 0.2) is 97.8 Å². The first kappa shape index (κ1) is 43.5. The van der Waals surface area contributed by atoms with Crippen LogP contribution in [0.4, 0.5) is 0 Å². The van der Waals surface area contributed by atoms with Gasteiger partial charge in [0.05, 0.1) is 0 Å². The van der Waals surface area contributed by atoms with Crippen molar-refractivity contribution in [3.05, 3.63) is 144 Å². The fraction of sp³-hybridized carbons (Fsp3) is 0.245. The van der Waals surface area contributed by atoms with Crippen LogP contribution in [-0.2, 0) is 42.1 Å². The van der Waals surface area contributed by atoms with Crippen molar-refractivity contribution in [1.29, 1.82) is 0 Å². The predicted molar refractivity (Wildman–Crippen MR) is 225 cm³/mol. The summed E-state index contributed by atoms with van der Waals surface area (Å²) in [6, 6.07) is 38.6. The summed E-state index contributed by atoms with van der Waals surface area (Å²) in [5.41, 5.74) is 9.62. The van der Waals surface area contributed by atoms with Gasteiger partial charge < -0.3 is 24.0 Å². The van der Waals surface area contributed by atoms with Crippen LogP contribution < -0.4 is 9.47 Å². The Labute approximate surface area is 375 Å². The summed E-state index contributed by atoms with van der Waals surface area (Å²) in [4.78, 5) is 22.5. The number of nitrogens with zero attached hydrogens (tertiary/aromatic N) is 6. The summed E-state index contributed by atoms with van der Waals surface area (Å²) >= 11 is 0. The third kappa shape index (κ3) is 9.40. The SMILES string of the molecule is CC(C)c1cc(Oc2[c-]c3c(cc2)c2ccc(Oc4[c-]c(-c5cc(C(C)C)ccn5)cc(C(C)C)c4)[c-]c2n3-c2ncncn2)[c-]c(-c2cc(C(C)C)ccn2)c1.[Pt+2].[Pt+2]. The van der Waals surface area contributed by atoms with E-state index in [-0.39, 0.29) is 54.0 Å². The number of ether oxygens (including phenoxy) is 2. The Morgan fingerprint density at radius 1 is 0.458 bits per heavy atom. The Bertz CT molecular complexity index is 2560. The monoisotopic (exact) mass is 1140 g/mol. The van der Waals surface area contributed by atoms with Gasteiger partial charge >= 0.3 is 42.1 Å². The minimum absolute atomic E-state index is 0. The number of benzene rings is 4. The van der Waals surface area contributed by atoms with Gasteiger partial charge in [-0.2, -0.15) is 22.9 Å². The third-order valence-corrected chi connectivity index (χ3v) is 10.2. The van der Waals surface area contributed by atoms with E-state index < -0.39 is 0 Å². The van der Waals surface area contributed by atoms with Crippen LogP contribution >= 0.6 is 0 Å². The maximum absolute atomic E-state index is 6.56. The van der Waals surface area contributed by atoms with E-state index >= 15 is 0 Å². The van der Waals surface area contributed by atoms with Crippen molar-refractivity contribution in [2.24, 2.45) is 0 Å². The topological polar surface area (TPSA) is 87.8 Å². The molecule has 0 saturated heterocycles.